The molecule has 0 radical (unpaired) electrons. The molecule has 0 bridgehead atoms. The summed E-state index contributed by atoms with van der Waals surface area (Å²) in [5.41, 5.74) is -13.4. The number of hydrogen-bond acceptors (Lipinski definition) is 3. The van der Waals surface area contributed by atoms with Gasteiger partial charge < -0.3 is 0 Å². The highest BCUT2D eigenvalue weighted by Crippen LogP contribution is 2.31. The van der Waals surface area contributed by atoms with E-state index >= 15 is 35.1 Å². The van der Waals surface area contributed by atoms with E-state index in [0.717, 1.165) is 10.5 Å². The van der Waals surface area contributed by atoms with Gasteiger partial charge in [-0.3, -0.25) is 10.1 Å². The van der Waals surface area contributed by atoms with E-state index in [1.807, 2.05) is 30.3 Å². The van der Waals surface area contributed by atoms with Crippen molar-refractivity contribution in [3.63, 3.8) is 0 Å². The Morgan fingerprint density at radius 3 is 0.875 bits per heavy atom. The smallest absolute Gasteiger partial charge is 0.258 e. The van der Waals surface area contributed by atoms with E-state index in [-0.39, 0.29) is 5.69 Å². The maximum Gasteiger partial charge on any atom is 0.269 e. The van der Waals surface area contributed by atoms with Crippen molar-refractivity contribution in [3.05, 3.63) is 187 Å². The van der Waals surface area contributed by atoms with Crippen molar-refractivity contribution < 1.29 is 96.9 Å². The summed E-state index contributed by atoms with van der Waals surface area (Å²) in [5, 5.41) is 10.6. The van der Waals surface area contributed by atoms with E-state index in [2.05, 4.69) is 0 Å². The minimum atomic E-state index is -7.22. The Morgan fingerprint density at radius 2 is 0.641 bits per heavy atom. The lowest BCUT2D eigenvalue weighted by atomic mass is 9.12. The number of nitrogens with zero attached hydrogens (tertiary/aromatic N) is 1. The van der Waals surface area contributed by atoms with Gasteiger partial charge in [0.15, 0.2) is 74.7 Å². The van der Waals surface area contributed by atoms with Gasteiger partial charge in [0.25, 0.3) is 5.69 Å². The van der Waals surface area contributed by atoms with Gasteiger partial charge in [-0.15, -0.1) is 21.9 Å². The van der Waals surface area contributed by atoms with Crippen molar-refractivity contribution in [1.29, 1.82) is 0 Å². The predicted molar refractivity (Wildman–Crippen MR) is 185 cm³/mol. The van der Waals surface area contributed by atoms with Crippen molar-refractivity contribution in [1.82, 2.24) is 0 Å². The lowest BCUT2D eigenvalue weighted by molar-refractivity contribution is -0.384. The Balaban J connectivity index is 0.000000337. The molecular formula is C38H14BF20NO3S. The Bertz CT molecular complexity index is 2560. The second-order valence-corrected chi connectivity index (χ2v) is 16.0. The van der Waals surface area contributed by atoms with Crippen LogP contribution in [0.1, 0.15) is 5.56 Å². The summed E-state index contributed by atoms with van der Waals surface area (Å²) in [6.45, 7) is 0. The Labute approximate surface area is 343 Å². The molecule has 0 saturated carbocycles. The van der Waals surface area contributed by atoms with Gasteiger partial charge in [0, 0.05) is 17.7 Å². The number of benzene rings is 6. The highest BCUT2D eigenvalue weighted by Gasteiger charge is 2.52. The van der Waals surface area contributed by atoms with Gasteiger partial charge in [-0.1, -0.05) is 22.4 Å². The van der Waals surface area contributed by atoms with Gasteiger partial charge in [0.2, 0.25) is 0 Å². The fraction of sp³-hybridized carbons (Fsp3) is 0.0526. The first-order chi connectivity index (χ1) is 29.7. The molecule has 26 heteroatoms. The molecule has 0 fully saturated rings. The Kier molecular flexibility index (Phi) is 13.4. The number of rotatable bonds is 8. The number of non-ortho nitro benzene ring substituents is 1. The molecule has 64 heavy (non-hydrogen) atoms. The maximum absolute atomic E-state index is 15.4. The molecule has 4 nitrogen and oxygen atoms in total. The van der Waals surface area contributed by atoms with E-state index in [9.17, 15) is 67.0 Å². The molecule has 0 heterocycles. The monoisotopic (exact) mass is 955 g/mol. The zero-order chi connectivity index (χ0) is 48.2. The molecule has 0 spiro atoms. The summed E-state index contributed by atoms with van der Waals surface area (Å²) >= 11 is 0. The van der Waals surface area contributed by atoms with Crippen LogP contribution in [0.3, 0.4) is 0 Å². The minimum Gasteiger partial charge on any atom is -0.258 e. The third-order valence-electron chi connectivity index (χ3n) is 9.54. The van der Waals surface area contributed by atoms with Gasteiger partial charge in [-0.2, -0.15) is 0 Å². The molecule has 0 saturated heterocycles. The van der Waals surface area contributed by atoms with E-state index < -0.39 is 159 Å². The zero-order valence-electron chi connectivity index (χ0n) is 30.6. The van der Waals surface area contributed by atoms with Gasteiger partial charge in [-0.05, 0) is 24.3 Å². The third kappa shape index (κ3) is 7.69. The van der Waals surface area contributed by atoms with Crippen LogP contribution in [0.4, 0.5) is 93.5 Å². The summed E-state index contributed by atoms with van der Waals surface area (Å²) < 4.78 is 307. The van der Waals surface area contributed by atoms with Crippen LogP contribution in [0.2, 0.25) is 0 Å². The first-order valence-electron chi connectivity index (χ1n) is 16.7. The zero-order valence-corrected chi connectivity index (χ0v) is 31.4. The second kappa shape index (κ2) is 17.6. The third-order valence-corrected chi connectivity index (χ3v) is 11.7. The molecule has 0 amide bonds. The minimum absolute atomic E-state index is 0.0473. The summed E-state index contributed by atoms with van der Waals surface area (Å²) in [6, 6.07) is 15.5. The Hall–Kier alpha value is -6.47. The quantitative estimate of drug-likeness (QED) is 0.0291. The normalized spacial score (nSPS) is 12.5. The van der Waals surface area contributed by atoms with Crippen LogP contribution in [-0.2, 0) is 19.9 Å². The number of nitro groups is 1. The van der Waals surface area contributed by atoms with E-state index in [0.29, 0.717) is 5.75 Å². The lowest BCUT2D eigenvalue weighted by Gasteiger charge is -2.44. The van der Waals surface area contributed by atoms with Crippen LogP contribution in [-0.4, -0.2) is 17.3 Å². The molecular weight excluding hydrogens is 941 g/mol. The van der Waals surface area contributed by atoms with Crippen LogP contribution in [0.5, 0.6) is 0 Å². The fourth-order valence-electron chi connectivity index (χ4n) is 6.70. The van der Waals surface area contributed by atoms with Crippen LogP contribution in [0.15, 0.2) is 59.5 Å². The lowest BCUT2D eigenvalue weighted by Crippen LogP contribution is -2.81. The number of nitro benzene ring substituents is 1. The molecule has 6 rings (SSSR count). The summed E-state index contributed by atoms with van der Waals surface area (Å²) in [7, 11) is -2.17. The molecule has 1 atom stereocenters. The van der Waals surface area contributed by atoms with Crippen molar-refractivity contribution in [3.8, 4) is 0 Å². The predicted octanol–water partition coefficient (Wildman–Crippen LogP) is 9.13. The van der Waals surface area contributed by atoms with Crippen molar-refractivity contribution in [2.45, 2.75) is 10.6 Å². The maximum atomic E-state index is 15.4. The van der Waals surface area contributed by atoms with Crippen LogP contribution in [0, 0.1) is 126 Å². The standard InChI is InChI=1S/C24BF20.C14H14NO3S/c26-5-1(6(27)14(35)21(42)13(5)34)25(2-7(28)15(36)22(43)16(37)8(2)29,3-9(30)17(38)23(44)18(39)10(3)31)4-11(32)19(40)24(45)20(41)12(4)33;1-19(18,14-5-3-2-4-6-14)11-12-7-9-13(10-8-12)15(16)17/h;2-10H,11H2,1H3/q-1;+1. The summed E-state index contributed by atoms with van der Waals surface area (Å²) in [4.78, 5) is 10.9. The molecule has 6 aromatic rings. The second-order valence-electron chi connectivity index (χ2n) is 13.2. The van der Waals surface area contributed by atoms with Gasteiger partial charge in [0.05, 0.1) is 4.92 Å². The highest BCUT2D eigenvalue weighted by molar-refractivity contribution is 8.01. The topological polar surface area (TPSA) is 60.2 Å². The molecule has 0 aromatic heterocycles. The van der Waals surface area contributed by atoms with Crippen LogP contribution < -0.4 is 21.9 Å². The average Bonchev–Trinajstić information content (AvgIpc) is 3.26. The first kappa shape index (κ1) is 48.6. The van der Waals surface area contributed by atoms with Crippen molar-refractivity contribution in [2.24, 2.45) is 0 Å². The van der Waals surface area contributed by atoms with Gasteiger partial charge in [-0.25, -0.2) is 87.8 Å². The van der Waals surface area contributed by atoms with E-state index in [1.165, 1.54) is 12.1 Å². The molecule has 0 aliphatic carbocycles. The van der Waals surface area contributed by atoms with Crippen LogP contribution in [0.25, 0.3) is 0 Å². The largest absolute Gasteiger partial charge is 0.269 e. The highest BCUT2D eigenvalue weighted by atomic mass is 32.2. The Morgan fingerprint density at radius 1 is 0.406 bits per heavy atom. The average molecular weight is 955 g/mol. The summed E-state index contributed by atoms with van der Waals surface area (Å²) in [5.74, 6) is -71.0. The summed E-state index contributed by atoms with van der Waals surface area (Å²) in [6.07, 6.45) is -5.50. The van der Waals surface area contributed by atoms with Crippen LogP contribution >= 0.6 is 0 Å². The van der Waals surface area contributed by atoms with Gasteiger partial charge in [0.1, 0.15) is 74.6 Å². The fourth-order valence-corrected chi connectivity index (χ4v) is 8.43. The number of hydrogen-bond donors (Lipinski definition) is 0. The van der Waals surface area contributed by atoms with Crippen molar-refractivity contribution in [2.75, 3.05) is 6.26 Å². The molecule has 6 aromatic carbocycles. The van der Waals surface area contributed by atoms with Crippen molar-refractivity contribution >= 4 is 43.6 Å². The molecule has 0 aliphatic rings. The first-order valence-corrected chi connectivity index (χ1v) is 18.8. The van der Waals surface area contributed by atoms with Gasteiger partial charge >= 0.3 is 0 Å². The van der Waals surface area contributed by atoms with E-state index in [1.54, 1.807) is 18.4 Å². The van der Waals surface area contributed by atoms with E-state index in [4.69, 9.17) is 0 Å². The number of halogens is 20. The molecule has 338 valence electrons. The molecule has 0 aliphatic heterocycles. The molecule has 0 N–H and O–H groups in total. The molecule has 1 unspecified atom stereocenters. The SMILES string of the molecule is C[S+](=O)(Cc1ccc([N+](=O)[O-])cc1)c1ccccc1.Fc1c(F)c(F)c([B-](c2c(F)c(F)c(F)c(F)c2F)(c2c(F)c(F)c(F)c(F)c2F)c2c(F)c(F)c(F)c(F)c2F)c(F)c1F.